The van der Waals surface area contributed by atoms with Gasteiger partial charge in [-0.3, -0.25) is 9.05 Å². The summed E-state index contributed by atoms with van der Waals surface area (Å²) in [7, 11) is -3.73. The van der Waals surface area contributed by atoms with Crippen LogP contribution in [-0.2, 0) is 18.1 Å². The number of hydrogen-bond acceptors (Lipinski definition) is 4. The Bertz CT molecular complexity index is 523. The Kier molecular flexibility index (Phi) is 7.38. The highest BCUT2D eigenvalue weighted by Crippen LogP contribution is 2.53. The average molecular weight is 360 g/mol. The second-order valence-corrected chi connectivity index (χ2v) is 6.13. The van der Waals surface area contributed by atoms with E-state index in [2.05, 4.69) is 0 Å². The van der Waals surface area contributed by atoms with Crippen molar-refractivity contribution in [3.63, 3.8) is 0 Å². The standard InChI is InChI=1S/C12H14Cl3O4P/c1-3-17-20(16,18-4-2)19-12(8-13)10-6-5-9(14)7-11(10)15/h5-8H,3-4H2,1-2H3/b12-8+. The minimum atomic E-state index is -3.73. The van der Waals surface area contributed by atoms with Gasteiger partial charge in [0.05, 0.1) is 18.2 Å². The maximum atomic E-state index is 12.3. The second kappa shape index (κ2) is 8.28. The van der Waals surface area contributed by atoms with E-state index in [1.807, 2.05) is 0 Å². The lowest BCUT2D eigenvalue weighted by Crippen LogP contribution is -2.00. The molecule has 0 radical (unpaired) electrons. The summed E-state index contributed by atoms with van der Waals surface area (Å²) in [6.07, 6.45) is 0. The van der Waals surface area contributed by atoms with Crippen LogP contribution < -0.4 is 0 Å². The molecule has 0 spiro atoms. The van der Waals surface area contributed by atoms with Gasteiger partial charge in [-0.2, -0.15) is 0 Å². The van der Waals surface area contributed by atoms with Gasteiger partial charge >= 0.3 is 7.82 Å². The molecule has 1 aromatic rings. The zero-order valence-electron chi connectivity index (χ0n) is 10.9. The predicted octanol–water partition coefficient (Wildman–Crippen LogP) is 5.73. The third-order valence-electron chi connectivity index (χ3n) is 2.08. The van der Waals surface area contributed by atoms with Crippen LogP contribution in [0.25, 0.3) is 5.76 Å². The first-order valence-electron chi connectivity index (χ1n) is 5.80. The number of phosphoric ester groups is 1. The lowest BCUT2D eigenvalue weighted by atomic mass is 10.2. The molecule has 20 heavy (non-hydrogen) atoms. The Balaban J connectivity index is 3.05. The number of rotatable bonds is 7. The Hall–Kier alpha value is -0.220. The minimum absolute atomic E-state index is 0.0820. The van der Waals surface area contributed by atoms with Gasteiger partial charge in [0, 0.05) is 16.1 Å². The van der Waals surface area contributed by atoms with Crippen molar-refractivity contribution < 1.29 is 18.1 Å². The molecule has 0 saturated carbocycles. The van der Waals surface area contributed by atoms with Crippen molar-refractivity contribution in [2.24, 2.45) is 0 Å². The van der Waals surface area contributed by atoms with Crippen molar-refractivity contribution in [1.29, 1.82) is 0 Å². The first kappa shape index (κ1) is 17.8. The Morgan fingerprint density at radius 1 is 1.25 bits per heavy atom. The van der Waals surface area contributed by atoms with Gasteiger partial charge < -0.3 is 4.52 Å². The van der Waals surface area contributed by atoms with Crippen LogP contribution in [0.5, 0.6) is 0 Å². The molecule has 0 heterocycles. The van der Waals surface area contributed by atoms with Crippen molar-refractivity contribution >= 4 is 48.4 Å². The van der Waals surface area contributed by atoms with Crippen molar-refractivity contribution in [2.45, 2.75) is 13.8 Å². The first-order valence-corrected chi connectivity index (χ1v) is 8.45. The molecule has 4 nitrogen and oxygen atoms in total. The normalized spacial score (nSPS) is 12.6. The van der Waals surface area contributed by atoms with E-state index in [1.165, 1.54) is 6.07 Å². The fraction of sp³-hybridized carbons (Fsp3) is 0.333. The van der Waals surface area contributed by atoms with Crippen molar-refractivity contribution in [3.05, 3.63) is 39.3 Å². The van der Waals surface area contributed by atoms with Gasteiger partial charge in [-0.25, -0.2) is 4.57 Å². The molecule has 0 atom stereocenters. The predicted molar refractivity (Wildman–Crippen MR) is 82.2 cm³/mol. The van der Waals surface area contributed by atoms with Crippen LogP contribution in [0.15, 0.2) is 23.7 Å². The molecular weight excluding hydrogens is 345 g/mol. The van der Waals surface area contributed by atoms with Crippen LogP contribution >= 0.6 is 42.6 Å². The smallest absolute Gasteiger partial charge is 0.402 e. The molecule has 0 saturated heterocycles. The van der Waals surface area contributed by atoms with E-state index < -0.39 is 7.82 Å². The van der Waals surface area contributed by atoms with Crippen LogP contribution in [0.1, 0.15) is 19.4 Å². The average Bonchev–Trinajstić information content (AvgIpc) is 2.37. The zero-order chi connectivity index (χ0) is 15.2. The summed E-state index contributed by atoms with van der Waals surface area (Å²) in [4.78, 5) is 0. The van der Waals surface area contributed by atoms with E-state index in [4.69, 9.17) is 48.4 Å². The molecule has 0 aromatic heterocycles. The molecule has 0 aliphatic carbocycles. The largest absolute Gasteiger partial charge is 0.530 e. The number of phosphoric acid groups is 1. The Morgan fingerprint density at radius 3 is 2.30 bits per heavy atom. The molecule has 0 unspecified atom stereocenters. The van der Waals surface area contributed by atoms with Crippen molar-refractivity contribution in [3.8, 4) is 0 Å². The van der Waals surface area contributed by atoms with Gasteiger partial charge in [-0.15, -0.1) is 0 Å². The molecule has 0 aliphatic heterocycles. The first-order chi connectivity index (χ1) is 9.45. The minimum Gasteiger partial charge on any atom is -0.402 e. The zero-order valence-corrected chi connectivity index (χ0v) is 14.1. The SMILES string of the molecule is CCOP(=O)(OCC)O/C(=C/Cl)c1ccc(Cl)cc1Cl. The van der Waals surface area contributed by atoms with Crippen LogP contribution in [0.3, 0.4) is 0 Å². The summed E-state index contributed by atoms with van der Waals surface area (Å²) in [6.45, 7) is 3.69. The molecule has 8 heteroatoms. The summed E-state index contributed by atoms with van der Waals surface area (Å²) in [5.41, 5.74) is 1.55. The van der Waals surface area contributed by atoms with Crippen LogP contribution in [0.4, 0.5) is 0 Å². The number of benzene rings is 1. The van der Waals surface area contributed by atoms with E-state index in [0.717, 1.165) is 5.54 Å². The van der Waals surface area contributed by atoms with E-state index >= 15 is 0 Å². The van der Waals surface area contributed by atoms with Gasteiger partial charge in [0.25, 0.3) is 0 Å². The highest BCUT2D eigenvalue weighted by molar-refractivity contribution is 7.48. The molecule has 0 N–H and O–H groups in total. The second-order valence-electron chi connectivity index (χ2n) is 3.47. The van der Waals surface area contributed by atoms with E-state index in [0.29, 0.717) is 15.6 Å². The molecule has 1 aromatic carbocycles. The molecule has 0 bridgehead atoms. The van der Waals surface area contributed by atoms with Gasteiger partial charge in [-0.1, -0.05) is 34.8 Å². The third kappa shape index (κ3) is 4.96. The fourth-order valence-corrected chi connectivity index (χ4v) is 3.27. The fourth-order valence-electron chi connectivity index (χ4n) is 1.34. The third-order valence-corrected chi connectivity index (χ3v) is 4.40. The highest BCUT2D eigenvalue weighted by atomic mass is 35.5. The molecular formula is C12H14Cl3O4P. The molecule has 0 amide bonds. The summed E-state index contributed by atoms with van der Waals surface area (Å²) >= 11 is 17.6. The number of halogens is 3. The monoisotopic (exact) mass is 358 g/mol. The van der Waals surface area contributed by atoms with Crippen LogP contribution in [0, 0.1) is 0 Å². The highest BCUT2D eigenvalue weighted by Gasteiger charge is 2.29. The molecule has 0 aliphatic rings. The maximum Gasteiger partial charge on any atom is 0.530 e. The summed E-state index contributed by atoms with van der Waals surface area (Å²) in [5.74, 6) is 0.0820. The number of hydrogen-bond donors (Lipinski definition) is 0. The Morgan fingerprint density at radius 2 is 1.85 bits per heavy atom. The van der Waals surface area contributed by atoms with Crippen molar-refractivity contribution in [2.75, 3.05) is 13.2 Å². The lowest BCUT2D eigenvalue weighted by molar-refractivity contribution is 0.159. The van der Waals surface area contributed by atoms with Gasteiger partial charge in [0.1, 0.15) is 0 Å². The summed E-state index contributed by atoms with van der Waals surface area (Å²) in [5, 5.41) is 0.773. The van der Waals surface area contributed by atoms with Gasteiger partial charge in [-0.05, 0) is 32.0 Å². The topological polar surface area (TPSA) is 44.8 Å². The lowest BCUT2D eigenvalue weighted by Gasteiger charge is -2.19. The van der Waals surface area contributed by atoms with Gasteiger partial charge in [0.2, 0.25) is 0 Å². The van der Waals surface area contributed by atoms with E-state index in [9.17, 15) is 4.57 Å². The van der Waals surface area contributed by atoms with Crippen LogP contribution in [-0.4, -0.2) is 13.2 Å². The van der Waals surface area contributed by atoms with Crippen LogP contribution in [0.2, 0.25) is 10.0 Å². The molecule has 0 fully saturated rings. The summed E-state index contributed by atoms with van der Waals surface area (Å²) in [6, 6.07) is 4.73. The Labute approximate surface area is 133 Å². The molecule has 1 rings (SSSR count). The molecule has 112 valence electrons. The quantitative estimate of drug-likeness (QED) is 0.461. The van der Waals surface area contributed by atoms with Crippen molar-refractivity contribution in [1.82, 2.24) is 0 Å². The summed E-state index contributed by atoms with van der Waals surface area (Å²) < 4.78 is 27.6. The van der Waals surface area contributed by atoms with Gasteiger partial charge in [0.15, 0.2) is 5.76 Å². The van der Waals surface area contributed by atoms with E-state index in [-0.39, 0.29) is 19.0 Å². The maximum absolute atomic E-state index is 12.3. The van der Waals surface area contributed by atoms with E-state index in [1.54, 1.807) is 26.0 Å².